The van der Waals surface area contributed by atoms with E-state index in [1.165, 1.54) is 12.8 Å². The van der Waals surface area contributed by atoms with Crippen LogP contribution in [0, 0.1) is 11.8 Å². The van der Waals surface area contributed by atoms with Crippen molar-refractivity contribution in [2.24, 2.45) is 11.8 Å². The molecule has 2 aliphatic carbocycles. The molecule has 0 N–H and O–H groups in total. The Morgan fingerprint density at radius 1 is 1.12 bits per heavy atom. The van der Waals surface area contributed by atoms with Crippen molar-refractivity contribution in [3.8, 4) is 0 Å². The summed E-state index contributed by atoms with van der Waals surface area (Å²) in [4.78, 5) is 0.881. The first-order valence-electron chi connectivity index (χ1n) is 5.90. The summed E-state index contributed by atoms with van der Waals surface area (Å²) in [6.07, 6.45) is 4.82. The molecule has 0 saturated heterocycles. The van der Waals surface area contributed by atoms with Crippen LogP contribution < -0.4 is 0 Å². The molecule has 0 radical (unpaired) electrons. The number of benzene rings is 1. The molecule has 3 unspecified atom stereocenters. The third-order valence-electron chi connectivity index (χ3n) is 3.91. The molecule has 2 fully saturated rings. The molecule has 0 aliphatic heterocycles. The van der Waals surface area contributed by atoms with Gasteiger partial charge in [-0.1, -0.05) is 31.0 Å². The number of halogens is 1. The van der Waals surface area contributed by atoms with Crippen LogP contribution in [0.4, 0.5) is 0 Å². The summed E-state index contributed by atoms with van der Waals surface area (Å²) in [5.41, 5.74) is 0. The van der Waals surface area contributed by atoms with Crippen molar-refractivity contribution >= 4 is 22.4 Å². The van der Waals surface area contributed by atoms with Crippen LogP contribution in [0.5, 0.6) is 0 Å². The van der Waals surface area contributed by atoms with Crippen LogP contribution in [0.25, 0.3) is 0 Å². The van der Waals surface area contributed by atoms with Crippen molar-refractivity contribution in [3.05, 3.63) is 30.3 Å². The molecule has 86 valence electrons. The fourth-order valence-electron chi connectivity index (χ4n) is 2.99. The molecule has 0 amide bonds. The normalized spacial score (nSPS) is 38.8. The average molecular weight is 255 g/mol. The van der Waals surface area contributed by atoms with E-state index in [1.54, 1.807) is 0 Å². The SMILES string of the molecule is O=S(c1ccccc1)C1(Cl)C2CCCCC21. The van der Waals surface area contributed by atoms with Crippen LogP contribution in [-0.4, -0.2) is 8.42 Å². The summed E-state index contributed by atoms with van der Waals surface area (Å²) >= 11 is 6.60. The summed E-state index contributed by atoms with van der Waals surface area (Å²) < 4.78 is 12.0. The van der Waals surface area contributed by atoms with Gasteiger partial charge in [0.15, 0.2) is 0 Å². The second kappa shape index (κ2) is 3.85. The highest BCUT2D eigenvalue weighted by molar-refractivity contribution is 7.88. The van der Waals surface area contributed by atoms with Crippen molar-refractivity contribution in [3.63, 3.8) is 0 Å². The summed E-state index contributed by atoms with van der Waals surface area (Å²) in [7, 11) is -1.04. The average Bonchev–Trinajstić information content (AvgIpc) is 2.98. The van der Waals surface area contributed by atoms with Gasteiger partial charge in [0.05, 0.1) is 10.8 Å². The number of fused-ring (bicyclic) bond motifs is 1. The van der Waals surface area contributed by atoms with Crippen LogP contribution in [0.15, 0.2) is 35.2 Å². The second-order valence-corrected chi connectivity index (χ2v) is 7.31. The molecule has 1 aromatic rings. The Bertz CT molecular complexity index is 405. The summed E-state index contributed by atoms with van der Waals surface area (Å²) in [6.45, 7) is 0. The van der Waals surface area contributed by atoms with Gasteiger partial charge in [-0.2, -0.15) is 0 Å². The van der Waals surface area contributed by atoms with E-state index in [0.29, 0.717) is 11.8 Å². The second-order valence-electron chi connectivity index (χ2n) is 4.78. The van der Waals surface area contributed by atoms with Crippen molar-refractivity contribution in [1.82, 2.24) is 0 Å². The Morgan fingerprint density at radius 2 is 1.69 bits per heavy atom. The molecule has 1 aromatic carbocycles. The first-order valence-corrected chi connectivity index (χ1v) is 7.43. The number of hydrogen-bond donors (Lipinski definition) is 0. The van der Waals surface area contributed by atoms with E-state index < -0.39 is 15.0 Å². The molecule has 0 spiro atoms. The van der Waals surface area contributed by atoms with Gasteiger partial charge < -0.3 is 0 Å². The maximum absolute atomic E-state index is 12.5. The Kier molecular flexibility index (Phi) is 2.60. The van der Waals surface area contributed by atoms with Gasteiger partial charge in [-0.05, 0) is 36.8 Å². The molecular weight excluding hydrogens is 240 g/mol. The Hall–Kier alpha value is -0.340. The molecule has 3 rings (SSSR count). The molecule has 3 atom stereocenters. The molecular formula is C13H15ClOS. The lowest BCUT2D eigenvalue weighted by atomic mass is 10.0. The standard InChI is InChI=1S/C13H15ClOS/c14-13(11-8-4-5-9-12(11)13)16(15)10-6-2-1-3-7-10/h1-3,6-7,11-12H,4-5,8-9H2. The lowest BCUT2D eigenvalue weighted by molar-refractivity contribution is 0.480. The minimum atomic E-state index is -1.04. The van der Waals surface area contributed by atoms with E-state index >= 15 is 0 Å². The highest BCUT2D eigenvalue weighted by Gasteiger charge is 2.67. The minimum absolute atomic E-state index is 0.447. The highest BCUT2D eigenvalue weighted by Crippen LogP contribution is 2.65. The first-order chi connectivity index (χ1) is 7.74. The number of rotatable bonds is 2. The topological polar surface area (TPSA) is 17.1 Å². The van der Waals surface area contributed by atoms with E-state index in [4.69, 9.17) is 11.6 Å². The highest BCUT2D eigenvalue weighted by atomic mass is 35.5. The third-order valence-corrected chi connectivity index (χ3v) is 6.76. The smallest absolute Gasteiger partial charge is 0.130 e. The Morgan fingerprint density at radius 3 is 2.25 bits per heavy atom. The molecule has 1 nitrogen and oxygen atoms in total. The van der Waals surface area contributed by atoms with Crippen LogP contribution in [0.1, 0.15) is 25.7 Å². The summed E-state index contributed by atoms with van der Waals surface area (Å²) in [5.74, 6) is 0.980. The van der Waals surface area contributed by atoms with Crippen molar-refractivity contribution in [1.29, 1.82) is 0 Å². The van der Waals surface area contributed by atoms with E-state index in [-0.39, 0.29) is 0 Å². The monoisotopic (exact) mass is 254 g/mol. The van der Waals surface area contributed by atoms with Gasteiger partial charge >= 0.3 is 0 Å². The lowest BCUT2D eigenvalue weighted by Crippen LogP contribution is -2.13. The zero-order valence-corrected chi connectivity index (χ0v) is 10.6. The van der Waals surface area contributed by atoms with Crippen LogP contribution >= 0.6 is 11.6 Å². The van der Waals surface area contributed by atoms with Crippen LogP contribution in [-0.2, 0) is 10.8 Å². The molecule has 3 heteroatoms. The maximum atomic E-state index is 12.5. The van der Waals surface area contributed by atoms with Gasteiger partial charge in [0.1, 0.15) is 4.21 Å². The number of hydrogen-bond acceptors (Lipinski definition) is 1. The molecule has 0 bridgehead atoms. The predicted molar refractivity (Wildman–Crippen MR) is 66.9 cm³/mol. The molecule has 0 aromatic heterocycles. The predicted octanol–water partition coefficient (Wildman–Crippen LogP) is 3.55. The first kappa shape index (κ1) is 10.8. The van der Waals surface area contributed by atoms with Gasteiger partial charge in [0.2, 0.25) is 0 Å². The maximum Gasteiger partial charge on any atom is 0.130 e. The fourth-order valence-corrected chi connectivity index (χ4v) is 5.53. The van der Waals surface area contributed by atoms with Crippen molar-refractivity contribution in [2.45, 2.75) is 34.8 Å². The Labute approximate surface area is 104 Å². The summed E-state index contributed by atoms with van der Waals surface area (Å²) in [6, 6.07) is 9.65. The zero-order valence-electron chi connectivity index (χ0n) is 9.06. The fraction of sp³-hybridized carbons (Fsp3) is 0.538. The molecule has 2 aliphatic rings. The van der Waals surface area contributed by atoms with Gasteiger partial charge in [-0.15, -0.1) is 11.6 Å². The van der Waals surface area contributed by atoms with Crippen LogP contribution in [0.3, 0.4) is 0 Å². The lowest BCUT2D eigenvalue weighted by Gasteiger charge is -2.08. The summed E-state index contributed by atoms with van der Waals surface area (Å²) in [5, 5.41) is 0. The quantitative estimate of drug-likeness (QED) is 0.738. The van der Waals surface area contributed by atoms with E-state index in [0.717, 1.165) is 17.7 Å². The van der Waals surface area contributed by atoms with Crippen LogP contribution in [0.2, 0.25) is 0 Å². The third kappa shape index (κ3) is 1.46. The van der Waals surface area contributed by atoms with Gasteiger partial charge in [-0.25, -0.2) is 0 Å². The van der Waals surface area contributed by atoms with Gasteiger partial charge in [-0.3, -0.25) is 4.21 Å². The van der Waals surface area contributed by atoms with Gasteiger partial charge in [0, 0.05) is 4.90 Å². The molecule has 16 heavy (non-hydrogen) atoms. The zero-order chi connectivity index (χ0) is 11.2. The number of alkyl halides is 1. The van der Waals surface area contributed by atoms with E-state index in [1.807, 2.05) is 30.3 Å². The molecule has 2 saturated carbocycles. The Balaban J connectivity index is 1.87. The van der Waals surface area contributed by atoms with Crippen molar-refractivity contribution in [2.75, 3.05) is 0 Å². The van der Waals surface area contributed by atoms with Gasteiger partial charge in [0.25, 0.3) is 0 Å². The van der Waals surface area contributed by atoms with E-state index in [9.17, 15) is 4.21 Å². The minimum Gasteiger partial charge on any atom is -0.252 e. The van der Waals surface area contributed by atoms with E-state index in [2.05, 4.69) is 0 Å². The molecule has 0 heterocycles. The largest absolute Gasteiger partial charge is 0.252 e. The van der Waals surface area contributed by atoms with Crippen molar-refractivity contribution < 1.29 is 4.21 Å².